The second kappa shape index (κ2) is 8.18. The number of hydrogen-bond acceptors (Lipinski definition) is 6. The molecule has 0 N–H and O–H groups in total. The van der Waals surface area contributed by atoms with Crippen molar-refractivity contribution in [1.29, 1.82) is 0 Å². The van der Waals surface area contributed by atoms with E-state index >= 15 is 0 Å². The number of benzene rings is 2. The summed E-state index contributed by atoms with van der Waals surface area (Å²) >= 11 is 5.94. The van der Waals surface area contributed by atoms with Gasteiger partial charge in [0.2, 0.25) is 5.91 Å². The van der Waals surface area contributed by atoms with Crippen molar-refractivity contribution >= 4 is 40.6 Å². The van der Waals surface area contributed by atoms with E-state index in [-0.39, 0.29) is 30.1 Å². The summed E-state index contributed by atoms with van der Waals surface area (Å²) < 4.78 is 5.05. The van der Waals surface area contributed by atoms with Crippen molar-refractivity contribution in [2.45, 2.75) is 6.42 Å². The number of halogens is 1. The molecule has 0 aliphatic carbocycles. The lowest BCUT2D eigenvalue weighted by Crippen LogP contribution is -2.27. The molecule has 0 aromatic heterocycles. The summed E-state index contributed by atoms with van der Waals surface area (Å²) in [5.74, 6) is -2.05. The number of non-ortho nitro benzene ring substituents is 1. The maximum atomic E-state index is 12.2. The molecule has 2 aromatic rings. The Bertz CT molecular complexity index is 944. The lowest BCUT2D eigenvalue weighted by molar-refractivity contribution is -0.384. The number of nitro benzene ring substituents is 1. The van der Waals surface area contributed by atoms with Crippen molar-refractivity contribution in [3.8, 4) is 0 Å². The Morgan fingerprint density at radius 3 is 2.57 bits per heavy atom. The first kappa shape index (κ1) is 19.5. The van der Waals surface area contributed by atoms with Gasteiger partial charge in [-0.1, -0.05) is 17.7 Å². The predicted molar refractivity (Wildman–Crippen MR) is 100 cm³/mol. The molecule has 0 radical (unpaired) electrons. The van der Waals surface area contributed by atoms with Crippen LogP contribution < -0.4 is 4.90 Å². The highest BCUT2D eigenvalue weighted by Crippen LogP contribution is 2.27. The molecular weight excluding hydrogens is 388 g/mol. The van der Waals surface area contributed by atoms with Gasteiger partial charge in [-0.05, 0) is 30.3 Å². The van der Waals surface area contributed by atoms with E-state index in [2.05, 4.69) is 0 Å². The zero-order valence-corrected chi connectivity index (χ0v) is 15.3. The van der Waals surface area contributed by atoms with Gasteiger partial charge < -0.3 is 9.64 Å². The van der Waals surface area contributed by atoms with Gasteiger partial charge >= 0.3 is 5.97 Å². The van der Waals surface area contributed by atoms with Crippen LogP contribution in [0.5, 0.6) is 0 Å². The van der Waals surface area contributed by atoms with Gasteiger partial charge in [0.25, 0.3) is 5.69 Å². The minimum absolute atomic E-state index is 0.0168. The number of esters is 1. The third kappa shape index (κ3) is 4.34. The fraction of sp³-hybridized carbons (Fsp3) is 0.211. The number of carbonyl (C=O) groups excluding carboxylic acids is 3. The van der Waals surface area contributed by atoms with Crippen molar-refractivity contribution in [2.75, 3.05) is 18.1 Å². The normalized spacial score (nSPS) is 16.1. The zero-order valence-electron chi connectivity index (χ0n) is 14.5. The number of carbonyl (C=O) groups is 3. The molecule has 0 spiro atoms. The summed E-state index contributed by atoms with van der Waals surface area (Å²) in [5.41, 5.74) is 0.648. The molecule has 1 fully saturated rings. The Morgan fingerprint density at radius 2 is 1.93 bits per heavy atom. The minimum atomic E-state index is -0.684. The summed E-state index contributed by atoms with van der Waals surface area (Å²) in [6.07, 6.45) is -0.0168. The van der Waals surface area contributed by atoms with Gasteiger partial charge in [-0.25, -0.2) is 0 Å². The first-order valence-electron chi connectivity index (χ1n) is 8.35. The maximum Gasteiger partial charge on any atom is 0.311 e. The van der Waals surface area contributed by atoms with Crippen LogP contribution in [0.4, 0.5) is 11.4 Å². The predicted octanol–water partition coefficient (Wildman–Crippen LogP) is 3.03. The van der Waals surface area contributed by atoms with E-state index in [9.17, 15) is 24.5 Å². The highest BCUT2D eigenvalue weighted by Gasteiger charge is 2.36. The summed E-state index contributed by atoms with van der Waals surface area (Å²) in [6.45, 7) is -0.359. The van der Waals surface area contributed by atoms with Gasteiger partial charge in [-0.15, -0.1) is 0 Å². The van der Waals surface area contributed by atoms with E-state index in [1.165, 1.54) is 29.2 Å². The van der Waals surface area contributed by atoms with Crippen LogP contribution in [-0.4, -0.2) is 35.7 Å². The smallest absolute Gasteiger partial charge is 0.311 e. The fourth-order valence-electron chi connectivity index (χ4n) is 2.87. The average molecular weight is 403 g/mol. The van der Waals surface area contributed by atoms with Crippen LogP contribution in [0.25, 0.3) is 0 Å². The first-order chi connectivity index (χ1) is 13.3. The quantitative estimate of drug-likeness (QED) is 0.318. The van der Waals surface area contributed by atoms with Crippen molar-refractivity contribution < 1.29 is 24.0 Å². The van der Waals surface area contributed by atoms with Crippen LogP contribution in [0.15, 0.2) is 48.5 Å². The molecule has 0 saturated carbocycles. The molecule has 1 aliphatic heterocycles. The highest BCUT2D eigenvalue weighted by molar-refractivity contribution is 6.31. The van der Waals surface area contributed by atoms with Crippen LogP contribution in [0, 0.1) is 16.0 Å². The molecule has 0 bridgehead atoms. The molecular formula is C19H15ClN2O6. The van der Waals surface area contributed by atoms with E-state index in [4.69, 9.17) is 16.3 Å². The summed E-state index contributed by atoms with van der Waals surface area (Å²) in [7, 11) is 0. The highest BCUT2D eigenvalue weighted by atomic mass is 35.5. The molecule has 1 saturated heterocycles. The van der Waals surface area contributed by atoms with Crippen LogP contribution in [0.1, 0.15) is 16.8 Å². The summed E-state index contributed by atoms with van der Waals surface area (Å²) in [6, 6.07) is 11.7. The minimum Gasteiger partial charge on any atom is -0.457 e. The number of rotatable bonds is 6. The van der Waals surface area contributed by atoms with Crippen molar-refractivity contribution in [3.05, 3.63) is 69.2 Å². The standard InChI is InChI=1S/C19H15ClN2O6/c20-14-2-1-3-16(9-14)21-10-13(8-18(21)24)19(25)28-11-17(23)12-4-6-15(7-5-12)22(26)27/h1-7,9,13H,8,10-11H2. The molecule has 28 heavy (non-hydrogen) atoms. The number of Topliss-reactive ketones (excluding diaryl/α,β-unsaturated/α-hetero) is 1. The molecule has 1 unspecified atom stereocenters. The molecule has 1 aliphatic rings. The van der Waals surface area contributed by atoms with Crippen molar-refractivity contribution in [1.82, 2.24) is 0 Å². The Kier molecular flexibility index (Phi) is 5.70. The van der Waals surface area contributed by atoms with Gasteiger partial charge in [0.15, 0.2) is 12.4 Å². The SMILES string of the molecule is O=C(COC(=O)C1CC(=O)N(c2cccc(Cl)c2)C1)c1ccc([N+](=O)[O-])cc1. The van der Waals surface area contributed by atoms with Gasteiger partial charge in [-0.2, -0.15) is 0 Å². The van der Waals surface area contributed by atoms with Crippen LogP contribution in [-0.2, 0) is 14.3 Å². The van der Waals surface area contributed by atoms with E-state index in [1.807, 2.05) is 0 Å². The van der Waals surface area contributed by atoms with Crippen LogP contribution in [0.2, 0.25) is 5.02 Å². The molecule has 2 aromatic carbocycles. The lowest BCUT2D eigenvalue weighted by atomic mass is 10.1. The Labute approximate surface area is 164 Å². The molecule has 3 rings (SSSR count). The van der Waals surface area contributed by atoms with E-state index in [1.54, 1.807) is 24.3 Å². The average Bonchev–Trinajstić information content (AvgIpc) is 3.07. The second-order valence-electron chi connectivity index (χ2n) is 6.22. The largest absolute Gasteiger partial charge is 0.457 e. The number of hydrogen-bond donors (Lipinski definition) is 0. The first-order valence-corrected chi connectivity index (χ1v) is 8.73. The molecule has 1 atom stereocenters. The number of nitrogens with zero attached hydrogens (tertiary/aromatic N) is 2. The Morgan fingerprint density at radius 1 is 1.21 bits per heavy atom. The number of nitro groups is 1. The number of ether oxygens (including phenoxy) is 1. The Balaban J connectivity index is 1.57. The molecule has 144 valence electrons. The molecule has 8 nitrogen and oxygen atoms in total. The molecule has 1 heterocycles. The summed E-state index contributed by atoms with van der Waals surface area (Å²) in [4.78, 5) is 48.1. The van der Waals surface area contributed by atoms with Gasteiger partial charge in [0.1, 0.15) is 0 Å². The zero-order chi connectivity index (χ0) is 20.3. The third-order valence-electron chi connectivity index (χ3n) is 4.32. The van der Waals surface area contributed by atoms with Gasteiger partial charge in [0.05, 0.1) is 10.8 Å². The molecule has 1 amide bonds. The fourth-order valence-corrected chi connectivity index (χ4v) is 3.05. The van der Waals surface area contributed by atoms with Gasteiger partial charge in [0, 0.05) is 41.4 Å². The number of amides is 1. The number of ketones is 1. The topological polar surface area (TPSA) is 107 Å². The van der Waals surface area contributed by atoms with E-state index in [0.717, 1.165) is 0 Å². The van der Waals surface area contributed by atoms with E-state index < -0.39 is 29.2 Å². The van der Waals surface area contributed by atoms with Crippen molar-refractivity contribution in [3.63, 3.8) is 0 Å². The monoisotopic (exact) mass is 402 g/mol. The second-order valence-corrected chi connectivity index (χ2v) is 6.66. The maximum absolute atomic E-state index is 12.2. The Hall–Kier alpha value is -3.26. The number of anilines is 1. The summed E-state index contributed by atoms with van der Waals surface area (Å²) in [5, 5.41) is 11.1. The van der Waals surface area contributed by atoms with Gasteiger partial charge in [-0.3, -0.25) is 24.5 Å². The molecule has 9 heteroatoms. The lowest BCUT2D eigenvalue weighted by Gasteiger charge is -2.16. The van der Waals surface area contributed by atoms with Crippen LogP contribution in [0.3, 0.4) is 0 Å². The van der Waals surface area contributed by atoms with Crippen molar-refractivity contribution in [2.24, 2.45) is 5.92 Å². The van der Waals surface area contributed by atoms with Crippen LogP contribution >= 0.6 is 11.6 Å². The third-order valence-corrected chi connectivity index (χ3v) is 4.56. The van der Waals surface area contributed by atoms with E-state index in [0.29, 0.717) is 10.7 Å².